The Bertz CT molecular complexity index is 1220. The molecule has 3 aromatic rings. The van der Waals surface area contributed by atoms with Crippen LogP contribution in [0.2, 0.25) is 5.02 Å². The number of carbonyl (C=O) groups is 1. The van der Waals surface area contributed by atoms with E-state index in [0.29, 0.717) is 21.4 Å². The number of imidazole rings is 1. The lowest BCUT2D eigenvalue weighted by Gasteiger charge is -2.15. The highest BCUT2D eigenvalue weighted by Crippen LogP contribution is 2.27. The number of anilines is 1. The lowest BCUT2D eigenvalue weighted by molar-refractivity contribution is -0.113. The zero-order valence-electron chi connectivity index (χ0n) is 17.6. The SMILES string of the molecule is Cc1ccc(NC(=O)CSc2nccn2-c2cccc(Cl)c2C)cc1S(=O)(=O)N(C)C. The molecule has 3 rings (SSSR count). The van der Waals surface area contributed by atoms with Crippen molar-refractivity contribution < 1.29 is 13.2 Å². The molecule has 1 aromatic heterocycles. The third-order valence-corrected chi connectivity index (χ3v) is 8.00. The summed E-state index contributed by atoms with van der Waals surface area (Å²) in [6.07, 6.45) is 3.48. The zero-order chi connectivity index (χ0) is 22.8. The molecule has 0 atom stereocenters. The number of nitrogens with zero attached hydrogens (tertiary/aromatic N) is 3. The van der Waals surface area contributed by atoms with Crippen LogP contribution in [0, 0.1) is 13.8 Å². The second-order valence-corrected chi connectivity index (χ2v) is 10.5. The maximum atomic E-state index is 12.5. The lowest BCUT2D eigenvalue weighted by Crippen LogP contribution is -2.23. The topological polar surface area (TPSA) is 84.3 Å². The number of aromatic nitrogens is 2. The fourth-order valence-corrected chi connectivity index (χ4v) is 5.00. The van der Waals surface area contributed by atoms with Gasteiger partial charge in [-0.2, -0.15) is 0 Å². The van der Waals surface area contributed by atoms with Crippen LogP contribution in [0.25, 0.3) is 5.69 Å². The van der Waals surface area contributed by atoms with Crippen LogP contribution in [0.4, 0.5) is 5.69 Å². The molecule has 0 fully saturated rings. The summed E-state index contributed by atoms with van der Waals surface area (Å²) in [5, 5.41) is 4.07. The van der Waals surface area contributed by atoms with E-state index in [1.807, 2.05) is 35.9 Å². The van der Waals surface area contributed by atoms with Crippen LogP contribution in [0.3, 0.4) is 0 Å². The average Bonchev–Trinajstić information content (AvgIpc) is 3.18. The summed E-state index contributed by atoms with van der Waals surface area (Å²) in [6, 6.07) is 10.5. The van der Waals surface area contributed by atoms with Crippen LogP contribution in [0.5, 0.6) is 0 Å². The molecule has 0 saturated heterocycles. The smallest absolute Gasteiger partial charge is 0.242 e. The Kier molecular flexibility index (Phi) is 7.10. The van der Waals surface area contributed by atoms with E-state index in [1.165, 1.54) is 31.9 Å². The molecule has 1 N–H and O–H groups in total. The molecule has 31 heavy (non-hydrogen) atoms. The molecule has 2 aromatic carbocycles. The Morgan fingerprint density at radius 1 is 1.23 bits per heavy atom. The standard InChI is InChI=1S/C21H23ClN4O3S2/c1-14-8-9-16(12-19(14)31(28,29)25(3)4)24-20(27)13-30-21-23-10-11-26(21)18-7-5-6-17(22)15(18)2/h5-12H,13H2,1-4H3,(H,24,27). The van der Waals surface area contributed by atoms with E-state index in [4.69, 9.17) is 11.6 Å². The molecule has 0 aliphatic carbocycles. The summed E-state index contributed by atoms with van der Waals surface area (Å²) < 4.78 is 28.0. The molecule has 164 valence electrons. The van der Waals surface area contributed by atoms with Crippen molar-refractivity contribution in [2.75, 3.05) is 25.2 Å². The predicted octanol–water partition coefficient (Wildman–Crippen LogP) is 4.12. The van der Waals surface area contributed by atoms with Gasteiger partial charge in [0.25, 0.3) is 0 Å². The van der Waals surface area contributed by atoms with Crippen molar-refractivity contribution in [2.45, 2.75) is 23.9 Å². The van der Waals surface area contributed by atoms with E-state index in [2.05, 4.69) is 10.3 Å². The molecule has 10 heteroatoms. The van der Waals surface area contributed by atoms with Crippen molar-refractivity contribution >= 4 is 45.0 Å². The van der Waals surface area contributed by atoms with Crippen LogP contribution in [0.1, 0.15) is 11.1 Å². The van der Waals surface area contributed by atoms with Crippen LogP contribution >= 0.6 is 23.4 Å². The molecule has 1 heterocycles. The van der Waals surface area contributed by atoms with Gasteiger partial charge in [-0.3, -0.25) is 9.36 Å². The highest BCUT2D eigenvalue weighted by Gasteiger charge is 2.20. The Labute approximate surface area is 191 Å². The van der Waals surface area contributed by atoms with Gasteiger partial charge in [0.2, 0.25) is 15.9 Å². The number of halogens is 1. The summed E-state index contributed by atoms with van der Waals surface area (Å²) in [5.74, 6) is -0.153. The number of benzene rings is 2. The molecule has 0 radical (unpaired) electrons. The second-order valence-electron chi connectivity index (χ2n) is 7.07. The summed E-state index contributed by atoms with van der Waals surface area (Å²) in [6.45, 7) is 3.64. The van der Waals surface area contributed by atoms with Crippen molar-refractivity contribution in [1.82, 2.24) is 13.9 Å². The molecular weight excluding hydrogens is 456 g/mol. The lowest BCUT2D eigenvalue weighted by atomic mass is 10.2. The number of hydrogen-bond donors (Lipinski definition) is 1. The van der Waals surface area contributed by atoms with Gasteiger partial charge in [0.1, 0.15) is 0 Å². The fourth-order valence-electron chi connectivity index (χ4n) is 2.92. The van der Waals surface area contributed by atoms with Gasteiger partial charge < -0.3 is 5.32 Å². The zero-order valence-corrected chi connectivity index (χ0v) is 20.0. The Morgan fingerprint density at radius 2 is 1.97 bits per heavy atom. The second kappa shape index (κ2) is 9.44. The largest absolute Gasteiger partial charge is 0.325 e. The number of carbonyl (C=O) groups excluding carboxylic acids is 1. The van der Waals surface area contributed by atoms with Gasteiger partial charge >= 0.3 is 0 Å². The minimum absolute atomic E-state index is 0.111. The Balaban J connectivity index is 1.73. The van der Waals surface area contributed by atoms with Gasteiger partial charge in [0.05, 0.1) is 16.3 Å². The third kappa shape index (κ3) is 5.12. The maximum absolute atomic E-state index is 12.5. The summed E-state index contributed by atoms with van der Waals surface area (Å²) in [5.41, 5.74) is 2.85. The van der Waals surface area contributed by atoms with Gasteiger partial charge in [-0.05, 0) is 49.2 Å². The molecule has 7 nitrogen and oxygen atoms in total. The quantitative estimate of drug-likeness (QED) is 0.516. The van der Waals surface area contributed by atoms with E-state index < -0.39 is 10.0 Å². The van der Waals surface area contributed by atoms with Crippen LogP contribution in [-0.2, 0) is 14.8 Å². The summed E-state index contributed by atoms with van der Waals surface area (Å²) in [7, 11) is -0.660. The molecule has 0 unspecified atom stereocenters. The number of thioether (sulfide) groups is 1. The van der Waals surface area contributed by atoms with Gasteiger partial charge in [-0.1, -0.05) is 35.5 Å². The van der Waals surface area contributed by atoms with Gasteiger partial charge in [-0.15, -0.1) is 0 Å². The molecule has 0 bridgehead atoms. The predicted molar refractivity (Wildman–Crippen MR) is 125 cm³/mol. The maximum Gasteiger partial charge on any atom is 0.242 e. The Hall–Kier alpha value is -2.33. The molecule has 0 saturated carbocycles. The van der Waals surface area contributed by atoms with Crippen molar-refractivity contribution in [2.24, 2.45) is 0 Å². The highest BCUT2D eigenvalue weighted by atomic mass is 35.5. The third-order valence-electron chi connectivity index (χ3n) is 4.67. The summed E-state index contributed by atoms with van der Waals surface area (Å²) in [4.78, 5) is 17.0. The van der Waals surface area contributed by atoms with E-state index in [1.54, 1.807) is 25.3 Å². The number of amides is 1. The van der Waals surface area contributed by atoms with Crippen molar-refractivity contribution in [3.05, 3.63) is 64.9 Å². The highest BCUT2D eigenvalue weighted by molar-refractivity contribution is 7.99. The minimum Gasteiger partial charge on any atom is -0.325 e. The molecule has 0 aliphatic rings. The normalized spacial score (nSPS) is 11.7. The first kappa shape index (κ1) is 23.3. The number of nitrogens with one attached hydrogen (secondary N) is 1. The number of hydrogen-bond acceptors (Lipinski definition) is 5. The van der Waals surface area contributed by atoms with Crippen LogP contribution in [0.15, 0.2) is 58.8 Å². The molecule has 0 aliphatic heterocycles. The molecule has 1 amide bonds. The molecular formula is C21H23ClN4O3S2. The van der Waals surface area contributed by atoms with E-state index in [-0.39, 0.29) is 16.6 Å². The van der Waals surface area contributed by atoms with E-state index in [0.717, 1.165) is 15.6 Å². The number of rotatable bonds is 7. The fraction of sp³-hybridized carbons (Fsp3) is 0.238. The van der Waals surface area contributed by atoms with Crippen molar-refractivity contribution in [3.8, 4) is 5.69 Å². The van der Waals surface area contributed by atoms with Gasteiger partial charge in [-0.25, -0.2) is 17.7 Å². The van der Waals surface area contributed by atoms with Gasteiger partial charge in [0, 0.05) is 37.2 Å². The van der Waals surface area contributed by atoms with Gasteiger partial charge in [0.15, 0.2) is 5.16 Å². The first-order chi connectivity index (χ1) is 14.6. The van der Waals surface area contributed by atoms with Crippen molar-refractivity contribution in [3.63, 3.8) is 0 Å². The Morgan fingerprint density at radius 3 is 2.68 bits per heavy atom. The van der Waals surface area contributed by atoms with E-state index in [9.17, 15) is 13.2 Å². The average molecular weight is 479 g/mol. The van der Waals surface area contributed by atoms with Crippen LogP contribution in [-0.4, -0.2) is 48.0 Å². The molecule has 0 spiro atoms. The van der Waals surface area contributed by atoms with Crippen molar-refractivity contribution in [1.29, 1.82) is 0 Å². The summed E-state index contributed by atoms with van der Waals surface area (Å²) >= 11 is 7.50. The van der Waals surface area contributed by atoms with E-state index >= 15 is 0 Å². The monoisotopic (exact) mass is 478 g/mol. The first-order valence-electron chi connectivity index (χ1n) is 9.36. The first-order valence-corrected chi connectivity index (χ1v) is 12.2. The number of sulfonamides is 1. The number of aryl methyl sites for hydroxylation is 1. The van der Waals surface area contributed by atoms with Crippen LogP contribution < -0.4 is 5.32 Å². The minimum atomic E-state index is -3.60.